The van der Waals surface area contributed by atoms with Gasteiger partial charge in [-0.25, -0.2) is 107 Å². The number of anilines is 2. The largest absolute Gasteiger partial charge is 0.444 e. The van der Waals surface area contributed by atoms with Gasteiger partial charge >= 0.3 is 6.09 Å². The highest BCUT2D eigenvalue weighted by Gasteiger charge is 2.30. The van der Waals surface area contributed by atoms with Gasteiger partial charge in [0.15, 0.2) is 28.2 Å². The smallest absolute Gasteiger partial charge is 0.410 e. The average Bonchev–Trinajstić information content (AvgIpc) is 1.62. The fourth-order valence-electron chi connectivity index (χ4n) is 11.5. The summed E-state index contributed by atoms with van der Waals surface area (Å²) >= 11 is 9.59. The standard InChI is InChI=1S/C17H24N6O3S.C16H26N6O2S.C10H13BrN4O2S.C10H20N2O2.C9H11BrN4O2S.C6H4BrN3.C3H9N/c1-4-15(24)23-7-5-12(6-8-23)20-14-10-19-17-16(21-14)13(9-18-17)27(25,26)22-11(2)3;1-11(2)20-25(23,24)13-10-22(4)16-15(13)19-14(9-17-16)18-12-5-7-21(3)8-6-12;1-6(2)14-18(16,17)7-5-15(3)10-9(7)13-8(11)4-12-10;1-10(2,3)14-9(13)12-6-4-8(11)5-7-12;1-5(2)14-17(15,16)6-3-11-9-8(6)13-7(10)4-12-9;7-5-3-9-6-4(10-5)1-2-8-6;1-3(2)4/h4,9-12,22H,1,5-8H2,2-3H3,(H,18,19)(H,20,21);9-12,20H,5-8H2,1-4H3,(H,18,19);4-6,14H,1-3H3;8H,4-7,11H2,1-3H3;3-5,14H,1-2H3,(H,11,12);1-3H,(H,8,9);3H,4H2,1-2H3. The number of aryl methyl sites for hydroxylation is 2. The highest BCUT2D eigenvalue weighted by molar-refractivity contribution is 9.11. The van der Waals surface area contributed by atoms with E-state index in [9.17, 15) is 43.3 Å². The molecule has 0 bridgehead atoms. The van der Waals surface area contributed by atoms with E-state index in [1.165, 1.54) is 37.1 Å². The van der Waals surface area contributed by atoms with Crippen LogP contribution < -0.4 is 41.0 Å². The number of nitrogens with zero attached hydrogens (tertiary/aromatic N) is 15. The maximum Gasteiger partial charge on any atom is 0.410 e. The summed E-state index contributed by atoms with van der Waals surface area (Å²) in [6.45, 7) is 32.0. The number of likely N-dealkylation sites (tertiary alicyclic amines) is 3. The number of fused-ring (bicyclic) bond motifs is 5. The number of sulfonamides is 4. The van der Waals surface area contributed by atoms with Crippen molar-refractivity contribution in [2.75, 3.05) is 56.9 Å². The fraction of sp³-hybridized carbons (Fsp3) is 0.521. The zero-order chi connectivity index (χ0) is 85.2. The van der Waals surface area contributed by atoms with Crippen LogP contribution in [0.3, 0.4) is 0 Å². The summed E-state index contributed by atoms with van der Waals surface area (Å²) in [7, 11) is -8.82. The van der Waals surface area contributed by atoms with Crippen LogP contribution in [-0.4, -0.2) is 235 Å². The molecular formula is C71H107Br3N26O11S4. The van der Waals surface area contributed by atoms with Crippen LogP contribution in [0.15, 0.2) is 114 Å². The summed E-state index contributed by atoms with van der Waals surface area (Å²) < 4.78 is 119. The third-order valence-electron chi connectivity index (χ3n) is 16.4. The minimum atomic E-state index is -3.68. The molecule has 0 saturated carbocycles. The first kappa shape index (κ1) is 94.3. The molecule has 0 unspecified atom stereocenters. The maximum atomic E-state index is 12.6. The van der Waals surface area contributed by atoms with E-state index in [-0.39, 0.29) is 67.8 Å². The Morgan fingerprint density at radius 3 is 1.34 bits per heavy atom. The lowest BCUT2D eigenvalue weighted by Crippen LogP contribution is -2.44. The molecule has 0 radical (unpaired) electrons. The van der Waals surface area contributed by atoms with Crippen molar-refractivity contribution in [1.29, 1.82) is 0 Å². The number of rotatable bonds is 17. The second kappa shape index (κ2) is 41.5. The summed E-state index contributed by atoms with van der Waals surface area (Å²) in [6, 6.07) is 2.17. The third kappa shape index (κ3) is 28.2. The van der Waals surface area contributed by atoms with Crippen molar-refractivity contribution in [1.82, 2.24) is 108 Å². The number of carbonyl (C=O) groups is 2. The fourth-order valence-corrected chi connectivity index (χ4v) is 17.9. The van der Waals surface area contributed by atoms with Crippen molar-refractivity contribution in [3.05, 3.63) is 94.5 Å². The molecule has 44 heteroatoms. The van der Waals surface area contributed by atoms with Gasteiger partial charge in [-0.1, -0.05) is 20.4 Å². The first-order valence-electron chi connectivity index (χ1n) is 37.0. The molecule has 3 aliphatic heterocycles. The minimum Gasteiger partial charge on any atom is -0.444 e. The Balaban J connectivity index is 0.000000194. The second-order valence-electron chi connectivity index (χ2n) is 29.9. The summed E-state index contributed by atoms with van der Waals surface area (Å²) in [5.74, 6) is 1.07. The van der Waals surface area contributed by atoms with Gasteiger partial charge in [0.25, 0.3) is 0 Å². The van der Waals surface area contributed by atoms with E-state index in [0.717, 1.165) is 80.5 Å². The molecule has 115 heavy (non-hydrogen) atoms. The van der Waals surface area contributed by atoms with E-state index in [0.29, 0.717) is 90.7 Å². The molecule has 10 aromatic heterocycles. The van der Waals surface area contributed by atoms with Crippen LogP contribution in [0.1, 0.15) is 129 Å². The number of H-pyrrole nitrogens is 3. The normalized spacial score (nSPS) is 15.0. The molecule has 13 N–H and O–H groups in total. The third-order valence-corrected chi connectivity index (χ3v) is 24.3. The molecule has 632 valence electrons. The topological polar surface area (TPSA) is 500 Å². The van der Waals surface area contributed by atoms with Gasteiger partial charge in [-0.2, -0.15) is 0 Å². The Morgan fingerprint density at radius 1 is 0.522 bits per heavy atom. The number of nitrogens with one attached hydrogen (secondary N) is 9. The first-order valence-corrected chi connectivity index (χ1v) is 45.4. The van der Waals surface area contributed by atoms with E-state index in [1.807, 2.05) is 46.9 Å². The molecule has 3 aliphatic rings. The van der Waals surface area contributed by atoms with Crippen LogP contribution in [-0.2, 0) is 63.7 Å². The maximum absolute atomic E-state index is 12.6. The van der Waals surface area contributed by atoms with E-state index < -0.39 is 45.7 Å². The number of ether oxygens (including phenoxy) is 1. The molecule has 37 nitrogen and oxygen atoms in total. The lowest BCUT2D eigenvalue weighted by Gasteiger charge is -2.32. The van der Waals surface area contributed by atoms with Crippen molar-refractivity contribution < 1.29 is 48.0 Å². The van der Waals surface area contributed by atoms with Crippen LogP contribution in [0.2, 0.25) is 0 Å². The number of nitrogens with two attached hydrogens (primary N) is 2. The van der Waals surface area contributed by atoms with Gasteiger partial charge in [-0.3, -0.25) is 4.79 Å². The monoisotopic (exact) mass is 1860 g/mol. The predicted octanol–water partition coefficient (Wildman–Crippen LogP) is 8.64. The van der Waals surface area contributed by atoms with Gasteiger partial charge in [0.2, 0.25) is 46.0 Å². The van der Waals surface area contributed by atoms with Crippen molar-refractivity contribution in [3.63, 3.8) is 0 Å². The second-order valence-corrected chi connectivity index (χ2v) is 39.0. The average molecular weight is 1870 g/mol. The van der Waals surface area contributed by atoms with Crippen LogP contribution in [0, 0.1) is 0 Å². The summed E-state index contributed by atoms with van der Waals surface area (Å²) in [4.78, 5) is 80.5. The molecular weight excluding hydrogens is 1760 g/mol. The van der Waals surface area contributed by atoms with Gasteiger partial charge < -0.3 is 65.6 Å². The van der Waals surface area contributed by atoms with E-state index in [1.54, 1.807) is 113 Å². The number of aromatic amines is 3. The molecule has 2 amide bonds. The van der Waals surface area contributed by atoms with Crippen molar-refractivity contribution in [2.45, 2.75) is 202 Å². The van der Waals surface area contributed by atoms with E-state index in [4.69, 9.17) is 16.2 Å². The van der Waals surface area contributed by atoms with Crippen molar-refractivity contribution in [3.8, 4) is 0 Å². The molecule has 10 aromatic rings. The van der Waals surface area contributed by atoms with Crippen molar-refractivity contribution in [2.24, 2.45) is 25.6 Å². The van der Waals surface area contributed by atoms with Gasteiger partial charge in [-0.05, 0) is 201 Å². The first-order chi connectivity index (χ1) is 53.7. The van der Waals surface area contributed by atoms with Crippen molar-refractivity contribution >= 4 is 167 Å². The molecule has 3 saturated heterocycles. The summed E-state index contributed by atoms with van der Waals surface area (Å²) in [5.41, 5.74) is 15.5. The Hall–Kier alpha value is -7.86. The molecule has 0 aromatic carbocycles. The molecule has 0 aliphatic carbocycles. The Labute approximate surface area is 696 Å². The predicted molar refractivity (Wildman–Crippen MR) is 456 cm³/mol. The molecule has 0 atom stereocenters. The highest BCUT2D eigenvalue weighted by Crippen LogP contribution is 2.28. The van der Waals surface area contributed by atoms with Gasteiger partial charge in [-0.15, -0.1) is 0 Å². The van der Waals surface area contributed by atoms with Crippen LogP contribution in [0.4, 0.5) is 16.4 Å². The number of aromatic nitrogens is 15. The van der Waals surface area contributed by atoms with Gasteiger partial charge in [0.05, 0.1) is 31.0 Å². The highest BCUT2D eigenvalue weighted by atomic mass is 79.9. The van der Waals surface area contributed by atoms with Gasteiger partial charge in [0.1, 0.15) is 78.2 Å². The quantitative estimate of drug-likeness (QED) is 0.0380. The lowest BCUT2D eigenvalue weighted by molar-refractivity contribution is -0.126. The molecule has 13 heterocycles. The van der Waals surface area contributed by atoms with E-state index >= 15 is 0 Å². The van der Waals surface area contributed by atoms with E-state index in [2.05, 4.69) is 161 Å². The Bertz CT molecular complexity index is 5390. The molecule has 0 spiro atoms. The van der Waals surface area contributed by atoms with Crippen LogP contribution in [0.25, 0.3) is 55.8 Å². The number of piperidine rings is 3. The number of halogens is 3. The molecule has 3 fully saturated rings. The number of amides is 2. The van der Waals surface area contributed by atoms with Gasteiger partial charge in [0, 0.05) is 114 Å². The van der Waals surface area contributed by atoms with Crippen LogP contribution >= 0.6 is 47.8 Å². The lowest BCUT2D eigenvalue weighted by atomic mass is 10.1. The Kier molecular flexibility index (Phi) is 34.0. The number of carbonyl (C=O) groups excluding carboxylic acids is 2. The SMILES string of the molecule is Brc1cnc2[nH]ccc2n1.C=CC(=O)N1CCC(Nc2cnc3[nH]cc(S(=O)(=O)NC(C)C)c3n2)CC1.CC(C)(C)OC(=O)N1CCC(N)CC1.CC(C)N.CC(C)NS(=O)(=O)c1c[nH]c2ncc(Br)nc12.CC(C)NS(=O)(=O)c1cn(C)c2ncc(Br)nc12.CC(C)NS(=O)(=O)c1cn(C)c2ncc(NC3CCN(C)CC3)nc12. The minimum absolute atomic E-state index is 0.0607. The molecule has 13 rings (SSSR count). The van der Waals surface area contributed by atoms with Crippen LogP contribution in [0.5, 0.6) is 0 Å². The number of hydrogen-bond acceptors (Lipinski definition) is 26. The zero-order valence-electron chi connectivity index (χ0n) is 67.4. The summed E-state index contributed by atoms with van der Waals surface area (Å²) in [5, 5.41) is 6.69. The Morgan fingerprint density at radius 2 is 0.887 bits per heavy atom. The summed E-state index contributed by atoms with van der Waals surface area (Å²) in [6.07, 6.45) is 22.1. The number of hydrogen-bond donors (Lipinski definition) is 11. The zero-order valence-corrected chi connectivity index (χ0v) is 75.4.